The highest BCUT2D eigenvalue weighted by Crippen LogP contribution is 2.43. The van der Waals surface area contributed by atoms with Gasteiger partial charge >= 0.3 is 18.1 Å². The van der Waals surface area contributed by atoms with Gasteiger partial charge in [0.15, 0.2) is 0 Å². The van der Waals surface area contributed by atoms with E-state index in [1.807, 2.05) is 24.3 Å². The molecule has 37 heavy (non-hydrogen) atoms. The largest absolute Gasteiger partial charge is 0.497 e. The van der Waals surface area contributed by atoms with Crippen molar-refractivity contribution in [1.29, 1.82) is 0 Å². The monoisotopic (exact) mass is 523 g/mol. The second kappa shape index (κ2) is 12.4. The summed E-state index contributed by atoms with van der Waals surface area (Å²) in [6.45, 7) is 6.51. The van der Waals surface area contributed by atoms with Crippen LogP contribution in [-0.4, -0.2) is 65.9 Å². The number of nitrogens with zero attached hydrogens (tertiary/aromatic N) is 2. The number of ether oxygens (including phenoxy) is 2. The smallest absolute Gasteiger partial charge is 0.490 e. The quantitative estimate of drug-likeness (QED) is 0.393. The van der Waals surface area contributed by atoms with Crippen LogP contribution in [0.5, 0.6) is 5.75 Å². The van der Waals surface area contributed by atoms with Crippen LogP contribution in [0.2, 0.25) is 0 Å². The number of piperidine rings is 3. The first-order valence-electron chi connectivity index (χ1n) is 12.1. The topological polar surface area (TPSA) is 115 Å². The molecule has 5 rings (SSSR count). The molecule has 0 aliphatic carbocycles. The van der Waals surface area contributed by atoms with E-state index in [9.17, 15) is 18.0 Å². The van der Waals surface area contributed by atoms with Gasteiger partial charge in [-0.1, -0.05) is 6.08 Å². The highest BCUT2D eigenvalue weighted by molar-refractivity contribution is 5.84. The number of carbonyl (C=O) groups excluding carboxylic acids is 1. The minimum atomic E-state index is -5.08. The van der Waals surface area contributed by atoms with Crippen molar-refractivity contribution in [3.8, 4) is 5.75 Å². The van der Waals surface area contributed by atoms with Gasteiger partial charge in [-0.3, -0.25) is 14.7 Å². The van der Waals surface area contributed by atoms with Gasteiger partial charge in [0.1, 0.15) is 11.9 Å². The third-order valence-electron chi connectivity index (χ3n) is 6.88. The first-order chi connectivity index (χ1) is 17.6. The molecular weight excluding hydrogens is 491 g/mol. The van der Waals surface area contributed by atoms with E-state index in [0.29, 0.717) is 31.2 Å². The second-order valence-corrected chi connectivity index (χ2v) is 9.14. The lowest BCUT2D eigenvalue weighted by Gasteiger charge is -2.51. The summed E-state index contributed by atoms with van der Waals surface area (Å²) in [4.78, 5) is 28.5. The molecule has 8 nitrogen and oxygen atoms in total. The maximum absolute atomic E-state index is 12.7. The summed E-state index contributed by atoms with van der Waals surface area (Å²) in [5, 5.41) is 8.09. The average molecular weight is 524 g/mol. The molecule has 0 radical (unpaired) electrons. The van der Waals surface area contributed by atoms with E-state index < -0.39 is 12.1 Å². The fourth-order valence-electron chi connectivity index (χ4n) is 5.01. The molecule has 3 saturated heterocycles. The van der Waals surface area contributed by atoms with Gasteiger partial charge in [0.2, 0.25) is 0 Å². The van der Waals surface area contributed by atoms with Gasteiger partial charge in [-0.15, -0.1) is 6.58 Å². The number of hydrogen-bond acceptors (Lipinski definition) is 7. The first kappa shape index (κ1) is 28.4. The molecule has 2 aromatic rings. The number of halogens is 3. The number of alkyl halides is 3. The Morgan fingerprint density at radius 1 is 1.35 bits per heavy atom. The summed E-state index contributed by atoms with van der Waals surface area (Å²) in [7, 11) is 1.66. The van der Waals surface area contributed by atoms with Crippen LogP contribution >= 0.6 is 0 Å². The highest BCUT2D eigenvalue weighted by atomic mass is 19.4. The van der Waals surface area contributed by atoms with Crippen molar-refractivity contribution in [3.05, 3.63) is 48.7 Å². The zero-order valence-electron chi connectivity index (χ0n) is 20.6. The summed E-state index contributed by atoms with van der Waals surface area (Å²) in [5.41, 5.74) is 7.47. The second-order valence-electron chi connectivity index (χ2n) is 9.14. The maximum atomic E-state index is 12.7. The summed E-state index contributed by atoms with van der Waals surface area (Å²) >= 11 is 0. The molecule has 3 fully saturated rings. The first-order valence-corrected chi connectivity index (χ1v) is 12.1. The van der Waals surface area contributed by atoms with E-state index in [4.69, 9.17) is 25.1 Å². The molecule has 11 heteroatoms. The van der Waals surface area contributed by atoms with Crippen LogP contribution in [0.25, 0.3) is 10.9 Å². The number of esters is 1. The molecule has 3 N–H and O–H groups in total. The maximum Gasteiger partial charge on any atom is 0.490 e. The van der Waals surface area contributed by atoms with Crippen LogP contribution in [0.3, 0.4) is 0 Å². The van der Waals surface area contributed by atoms with Gasteiger partial charge in [0.25, 0.3) is 0 Å². The number of carboxylic acids is 1. The number of aliphatic carboxylic acids is 1. The van der Waals surface area contributed by atoms with Gasteiger partial charge in [-0.25, -0.2) is 4.79 Å². The van der Waals surface area contributed by atoms with Crippen LogP contribution in [0.1, 0.15) is 37.4 Å². The van der Waals surface area contributed by atoms with Crippen molar-refractivity contribution in [3.63, 3.8) is 0 Å². The van der Waals surface area contributed by atoms with Crippen LogP contribution in [0.15, 0.2) is 43.1 Å². The molecule has 1 aromatic carbocycles. The number of carboxylic acid groups (broad SMARTS) is 1. The minimum Gasteiger partial charge on any atom is -0.497 e. The Bertz CT molecular complexity index is 1110. The average Bonchev–Trinajstić information content (AvgIpc) is 2.89. The van der Waals surface area contributed by atoms with Crippen LogP contribution in [0.4, 0.5) is 13.2 Å². The molecular formula is C26H32F3N3O5. The lowest BCUT2D eigenvalue weighted by atomic mass is 9.73. The lowest BCUT2D eigenvalue weighted by Crippen LogP contribution is -2.55. The van der Waals surface area contributed by atoms with Gasteiger partial charge in [-0.05, 0) is 68.5 Å². The number of methoxy groups -OCH3 is 1. The van der Waals surface area contributed by atoms with E-state index in [2.05, 4.69) is 22.5 Å². The van der Waals surface area contributed by atoms with Gasteiger partial charge in [0.05, 0.1) is 18.7 Å². The zero-order valence-corrected chi connectivity index (χ0v) is 20.6. The van der Waals surface area contributed by atoms with Gasteiger partial charge < -0.3 is 20.3 Å². The van der Waals surface area contributed by atoms with Crippen molar-refractivity contribution in [2.24, 2.45) is 17.6 Å². The number of rotatable bonds is 8. The molecule has 0 spiro atoms. The lowest BCUT2D eigenvalue weighted by molar-refractivity contribution is -0.192. The van der Waals surface area contributed by atoms with Crippen LogP contribution in [-0.2, 0) is 14.3 Å². The van der Waals surface area contributed by atoms with Gasteiger partial charge in [-0.2, -0.15) is 13.2 Å². The summed E-state index contributed by atoms with van der Waals surface area (Å²) in [6, 6.07) is 7.98. The van der Waals surface area contributed by atoms with Crippen LogP contribution < -0.4 is 10.5 Å². The molecule has 3 aliphatic rings. The Morgan fingerprint density at radius 2 is 2.08 bits per heavy atom. The summed E-state index contributed by atoms with van der Waals surface area (Å²) in [5.74, 6) is -1.08. The number of carbonyl (C=O) groups is 2. The molecule has 5 atom stereocenters. The number of fused-ring (bicyclic) bond motifs is 4. The predicted octanol–water partition coefficient (Wildman–Crippen LogP) is 4.10. The highest BCUT2D eigenvalue weighted by Gasteiger charge is 2.44. The zero-order chi connectivity index (χ0) is 27.2. The van der Waals surface area contributed by atoms with Gasteiger partial charge in [0, 0.05) is 30.1 Å². The van der Waals surface area contributed by atoms with E-state index in [-0.39, 0.29) is 18.1 Å². The van der Waals surface area contributed by atoms with Crippen molar-refractivity contribution >= 4 is 22.8 Å². The third-order valence-corrected chi connectivity index (χ3v) is 6.88. The standard InChI is InChI=1S/C24H31N3O3.C2HF3O2/c1-3-16-15-27-12-9-17(16)13-22(27)24(30-23(28)5-4-10-25)19-8-11-26-21-7-6-18(29-2)14-20(19)21;3-2(4,5)1(6)7/h3,6-8,11,14,16-17,22,24H,1,4-5,9-10,12-13,15,25H2,2H3;(H,6,7)/t16-,17+,22+,24-;/m1./s1. The van der Waals surface area contributed by atoms with Crippen molar-refractivity contribution < 1.29 is 37.3 Å². The van der Waals surface area contributed by atoms with Crippen molar-refractivity contribution in [2.75, 3.05) is 26.7 Å². The van der Waals surface area contributed by atoms with Crippen molar-refractivity contribution in [2.45, 2.75) is 44.0 Å². The predicted molar refractivity (Wildman–Crippen MR) is 131 cm³/mol. The molecule has 0 amide bonds. The molecule has 4 heterocycles. The van der Waals surface area contributed by atoms with E-state index in [1.54, 1.807) is 13.3 Å². The SMILES string of the molecule is C=C[C@@H]1CN2CC[C@H]1C[C@H]2[C@H](OC(=O)CCCN)c1ccnc2ccc(OC)cc12.O=C(O)C(F)(F)F. The molecule has 0 saturated carbocycles. The molecule has 2 bridgehead atoms. The minimum absolute atomic E-state index is 0.151. The number of nitrogens with two attached hydrogens (primary N) is 1. The van der Waals surface area contributed by atoms with E-state index in [1.165, 1.54) is 6.42 Å². The number of aromatic nitrogens is 1. The number of benzene rings is 1. The fourth-order valence-corrected chi connectivity index (χ4v) is 5.01. The van der Waals surface area contributed by atoms with E-state index >= 15 is 0 Å². The Labute approximate surface area is 213 Å². The third kappa shape index (κ3) is 6.98. The van der Waals surface area contributed by atoms with E-state index in [0.717, 1.165) is 41.7 Å². The molecule has 202 valence electrons. The Kier molecular flexibility index (Phi) is 9.50. The number of hydrogen-bond donors (Lipinski definition) is 2. The Hall–Kier alpha value is -3.18. The molecule has 1 aromatic heterocycles. The summed E-state index contributed by atoms with van der Waals surface area (Å²) < 4.78 is 43.3. The summed E-state index contributed by atoms with van der Waals surface area (Å²) in [6.07, 6.45) is 1.60. The molecule has 1 unspecified atom stereocenters. The Morgan fingerprint density at radius 3 is 2.65 bits per heavy atom. The Balaban J connectivity index is 0.000000479. The van der Waals surface area contributed by atoms with Crippen molar-refractivity contribution in [1.82, 2.24) is 9.88 Å². The fraction of sp³-hybridized carbons (Fsp3) is 0.500. The molecule has 3 aliphatic heterocycles. The normalized spacial score (nSPS) is 23.5. The number of pyridine rings is 1. The van der Waals surface area contributed by atoms with Crippen LogP contribution in [0, 0.1) is 11.8 Å².